The monoisotopic (exact) mass is 301 g/mol. The minimum atomic E-state index is -3.70. The number of rotatable bonds is 5. The van der Waals surface area contributed by atoms with Crippen LogP contribution in [0.5, 0.6) is 0 Å². The highest BCUT2D eigenvalue weighted by molar-refractivity contribution is 7.89. The van der Waals surface area contributed by atoms with E-state index in [-0.39, 0.29) is 22.7 Å². The molecule has 2 aliphatic rings. The molecule has 8 heteroatoms. The summed E-state index contributed by atoms with van der Waals surface area (Å²) in [4.78, 5) is 0.0569. The molecular weight excluding hydrogens is 282 g/mol. The van der Waals surface area contributed by atoms with Crippen molar-refractivity contribution in [2.75, 3.05) is 6.61 Å². The van der Waals surface area contributed by atoms with Crippen molar-refractivity contribution in [2.45, 2.75) is 49.8 Å². The van der Waals surface area contributed by atoms with Gasteiger partial charge < -0.3 is 9.84 Å². The normalized spacial score (nSPS) is 27.1. The zero-order valence-corrected chi connectivity index (χ0v) is 12.1. The van der Waals surface area contributed by atoms with Gasteiger partial charge in [0.1, 0.15) is 10.6 Å². The predicted octanol–water partition coefficient (Wildman–Crippen LogP) is 0.0562. The lowest BCUT2D eigenvalue weighted by Crippen LogP contribution is -2.41. The van der Waals surface area contributed by atoms with E-state index < -0.39 is 16.6 Å². The number of aliphatic hydroxyl groups excluding tert-OH is 1. The van der Waals surface area contributed by atoms with E-state index in [1.165, 1.54) is 0 Å². The van der Waals surface area contributed by atoms with Crippen molar-refractivity contribution >= 4 is 10.0 Å². The zero-order chi connectivity index (χ0) is 14.3. The van der Waals surface area contributed by atoms with Crippen LogP contribution in [0, 0.1) is 12.8 Å². The Morgan fingerprint density at radius 1 is 1.45 bits per heavy atom. The fourth-order valence-corrected chi connectivity index (χ4v) is 4.46. The fraction of sp³-hybridized carbons (Fsp3) is 0.750. The van der Waals surface area contributed by atoms with Gasteiger partial charge in [-0.2, -0.15) is 5.10 Å². The third-order valence-electron chi connectivity index (χ3n) is 3.91. The van der Waals surface area contributed by atoms with Gasteiger partial charge in [-0.1, -0.05) is 0 Å². The van der Waals surface area contributed by atoms with Crippen LogP contribution in [0.3, 0.4) is 0 Å². The van der Waals surface area contributed by atoms with Crippen LogP contribution in [0.25, 0.3) is 0 Å². The molecule has 1 aromatic heterocycles. The van der Waals surface area contributed by atoms with E-state index in [9.17, 15) is 13.5 Å². The minimum absolute atomic E-state index is 0.0189. The molecule has 2 atom stereocenters. The highest BCUT2D eigenvalue weighted by atomic mass is 32.2. The van der Waals surface area contributed by atoms with Gasteiger partial charge in [0.2, 0.25) is 10.0 Å². The van der Waals surface area contributed by atoms with Gasteiger partial charge in [-0.25, -0.2) is 13.1 Å². The van der Waals surface area contributed by atoms with Crippen molar-refractivity contribution in [3.63, 3.8) is 0 Å². The van der Waals surface area contributed by atoms with Crippen LogP contribution < -0.4 is 4.72 Å². The minimum Gasteiger partial charge on any atom is -0.390 e. The molecule has 0 spiro atoms. The molecule has 2 heterocycles. The SMILES string of the molecule is Cc1[nH]nc(CO)c1S(=O)(=O)NC1CCOC1C1CC1. The molecule has 7 nitrogen and oxygen atoms in total. The molecule has 3 N–H and O–H groups in total. The maximum Gasteiger partial charge on any atom is 0.244 e. The quantitative estimate of drug-likeness (QED) is 0.713. The maximum absolute atomic E-state index is 12.5. The van der Waals surface area contributed by atoms with E-state index in [1.807, 2.05) is 0 Å². The zero-order valence-electron chi connectivity index (χ0n) is 11.3. The lowest BCUT2D eigenvalue weighted by Gasteiger charge is -2.19. The Bertz CT molecular complexity index is 594. The average molecular weight is 301 g/mol. The van der Waals surface area contributed by atoms with Crippen LogP contribution in [-0.4, -0.2) is 42.5 Å². The van der Waals surface area contributed by atoms with Crippen LogP contribution in [0.1, 0.15) is 30.7 Å². The summed E-state index contributed by atoms with van der Waals surface area (Å²) in [6, 6.07) is -0.187. The molecule has 0 bridgehead atoms. The molecule has 1 saturated heterocycles. The van der Waals surface area contributed by atoms with Crippen LogP contribution in [-0.2, 0) is 21.4 Å². The molecule has 3 rings (SSSR count). The van der Waals surface area contributed by atoms with Gasteiger partial charge in [0.15, 0.2) is 0 Å². The van der Waals surface area contributed by atoms with E-state index >= 15 is 0 Å². The Morgan fingerprint density at radius 3 is 2.85 bits per heavy atom. The van der Waals surface area contributed by atoms with Crippen LogP contribution in [0.4, 0.5) is 0 Å². The number of aromatic nitrogens is 2. The van der Waals surface area contributed by atoms with Gasteiger partial charge >= 0.3 is 0 Å². The summed E-state index contributed by atoms with van der Waals surface area (Å²) in [5.74, 6) is 0.480. The van der Waals surface area contributed by atoms with E-state index in [2.05, 4.69) is 14.9 Å². The number of aliphatic hydroxyl groups is 1. The Labute approximate surface area is 117 Å². The highest BCUT2D eigenvalue weighted by Crippen LogP contribution is 2.39. The van der Waals surface area contributed by atoms with Crippen LogP contribution in [0.15, 0.2) is 4.90 Å². The number of H-pyrrole nitrogens is 1. The third kappa shape index (κ3) is 2.48. The van der Waals surface area contributed by atoms with Gasteiger partial charge in [-0.05, 0) is 32.1 Å². The van der Waals surface area contributed by atoms with Crippen molar-refractivity contribution in [2.24, 2.45) is 5.92 Å². The number of ether oxygens (including phenoxy) is 1. The summed E-state index contributed by atoms with van der Waals surface area (Å²) in [6.07, 6.45) is 2.88. The van der Waals surface area contributed by atoms with E-state index in [0.717, 1.165) is 12.8 Å². The van der Waals surface area contributed by atoms with E-state index in [1.54, 1.807) is 6.92 Å². The first-order valence-electron chi connectivity index (χ1n) is 6.81. The van der Waals surface area contributed by atoms with Gasteiger partial charge in [-0.15, -0.1) is 0 Å². The second-order valence-corrected chi connectivity index (χ2v) is 7.12. The number of aryl methyl sites for hydroxylation is 1. The number of nitrogens with one attached hydrogen (secondary N) is 2. The Balaban J connectivity index is 1.83. The number of nitrogens with zero attached hydrogens (tertiary/aromatic N) is 1. The van der Waals surface area contributed by atoms with E-state index in [0.29, 0.717) is 24.6 Å². The second-order valence-electron chi connectivity index (χ2n) is 5.47. The lowest BCUT2D eigenvalue weighted by atomic mass is 10.1. The molecule has 0 aromatic carbocycles. The topological polar surface area (TPSA) is 104 Å². The number of aromatic amines is 1. The maximum atomic E-state index is 12.5. The third-order valence-corrected chi connectivity index (χ3v) is 5.60. The largest absolute Gasteiger partial charge is 0.390 e. The Hall–Kier alpha value is -0.960. The van der Waals surface area contributed by atoms with Gasteiger partial charge in [0.25, 0.3) is 0 Å². The average Bonchev–Trinajstić information content (AvgIpc) is 3.01. The molecule has 1 aromatic rings. The molecule has 1 saturated carbocycles. The van der Waals surface area contributed by atoms with Crippen molar-refractivity contribution in [3.05, 3.63) is 11.4 Å². The molecule has 1 aliphatic heterocycles. The van der Waals surface area contributed by atoms with Crippen molar-refractivity contribution in [3.8, 4) is 0 Å². The highest BCUT2D eigenvalue weighted by Gasteiger charge is 2.42. The van der Waals surface area contributed by atoms with Gasteiger partial charge in [0.05, 0.1) is 24.4 Å². The summed E-state index contributed by atoms with van der Waals surface area (Å²) in [5, 5.41) is 15.6. The summed E-state index contributed by atoms with van der Waals surface area (Å²) in [7, 11) is -3.70. The predicted molar refractivity (Wildman–Crippen MR) is 70.4 cm³/mol. The van der Waals surface area contributed by atoms with Crippen molar-refractivity contribution < 1.29 is 18.3 Å². The molecule has 0 amide bonds. The van der Waals surface area contributed by atoms with Crippen molar-refractivity contribution in [1.82, 2.24) is 14.9 Å². The molecule has 2 unspecified atom stereocenters. The molecule has 112 valence electrons. The first-order chi connectivity index (χ1) is 9.53. The smallest absolute Gasteiger partial charge is 0.244 e. The Morgan fingerprint density at radius 2 is 2.20 bits per heavy atom. The first kappa shape index (κ1) is 14.0. The molecule has 20 heavy (non-hydrogen) atoms. The van der Waals surface area contributed by atoms with E-state index in [4.69, 9.17) is 4.74 Å². The number of hydrogen-bond acceptors (Lipinski definition) is 5. The summed E-state index contributed by atoms with van der Waals surface area (Å²) in [5.41, 5.74) is 0.584. The standard InChI is InChI=1S/C12H19N3O4S/c1-7-12(10(6-16)14-13-7)20(17,18)15-9-4-5-19-11(9)8-2-3-8/h8-9,11,15-16H,2-6H2,1H3,(H,13,14). The summed E-state index contributed by atoms with van der Waals surface area (Å²) >= 11 is 0. The molecule has 0 radical (unpaired) electrons. The molecular formula is C12H19N3O4S. The van der Waals surface area contributed by atoms with Crippen LogP contribution in [0.2, 0.25) is 0 Å². The number of sulfonamides is 1. The summed E-state index contributed by atoms with van der Waals surface area (Å²) < 4.78 is 33.4. The lowest BCUT2D eigenvalue weighted by molar-refractivity contribution is 0.0848. The molecule has 1 aliphatic carbocycles. The van der Waals surface area contributed by atoms with Crippen molar-refractivity contribution in [1.29, 1.82) is 0 Å². The molecule has 2 fully saturated rings. The van der Waals surface area contributed by atoms with Gasteiger partial charge in [0, 0.05) is 6.61 Å². The fourth-order valence-electron chi connectivity index (χ4n) is 2.82. The second kappa shape index (κ2) is 5.10. The first-order valence-corrected chi connectivity index (χ1v) is 8.30. The van der Waals surface area contributed by atoms with Gasteiger partial charge in [-0.3, -0.25) is 5.10 Å². The van der Waals surface area contributed by atoms with Crippen LogP contribution >= 0.6 is 0 Å². The Kier molecular flexibility index (Phi) is 3.57. The summed E-state index contributed by atoms with van der Waals surface area (Å²) in [6.45, 7) is 1.81. The number of hydrogen-bond donors (Lipinski definition) is 3.